The number of aryl methyl sites for hydroxylation is 1. The first-order chi connectivity index (χ1) is 15.2. The highest BCUT2D eigenvalue weighted by Gasteiger charge is 2.23. The van der Waals surface area contributed by atoms with Gasteiger partial charge in [0.1, 0.15) is 5.75 Å². The molecule has 0 radical (unpaired) electrons. The van der Waals surface area contributed by atoms with Crippen LogP contribution in [0.5, 0.6) is 5.75 Å². The summed E-state index contributed by atoms with van der Waals surface area (Å²) in [6.07, 6.45) is 5.00. The van der Waals surface area contributed by atoms with Crippen molar-refractivity contribution in [1.82, 2.24) is 20.0 Å². The van der Waals surface area contributed by atoms with Crippen molar-refractivity contribution in [3.63, 3.8) is 0 Å². The second-order valence-corrected chi connectivity index (χ2v) is 7.49. The Kier molecular flexibility index (Phi) is 5.00. The number of ether oxygens (including phenoxy) is 1. The number of benzene rings is 2. The summed E-state index contributed by atoms with van der Waals surface area (Å²) >= 11 is 0. The number of fused-ring (bicyclic) bond motifs is 1. The highest BCUT2D eigenvalue weighted by Crippen LogP contribution is 2.30. The van der Waals surface area contributed by atoms with Crippen LogP contribution in [0.4, 0.5) is 0 Å². The monoisotopic (exact) mass is 414 g/mol. The number of H-pyrrole nitrogens is 1. The smallest absolute Gasteiger partial charge is 0.257 e. The van der Waals surface area contributed by atoms with Gasteiger partial charge in [0.15, 0.2) is 6.61 Å². The molecule has 1 amide bonds. The Labute approximate surface area is 179 Å². The van der Waals surface area contributed by atoms with Crippen LogP contribution in [-0.4, -0.2) is 39.0 Å². The van der Waals surface area contributed by atoms with Crippen molar-refractivity contribution in [3.8, 4) is 5.75 Å². The van der Waals surface area contributed by atoms with E-state index in [0.717, 1.165) is 11.9 Å². The van der Waals surface area contributed by atoms with Gasteiger partial charge in [-0.2, -0.15) is 4.98 Å². The van der Waals surface area contributed by atoms with Gasteiger partial charge in [-0.1, -0.05) is 41.6 Å². The van der Waals surface area contributed by atoms with Gasteiger partial charge in [0.2, 0.25) is 11.7 Å². The number of amides is 1. The first kappa shape index (κ1) is 19.1. The minimum Gasteiger partial charge on any atom is -0.485 e. The molecule has 0 saturated heterocycles. The maximum absolute atomic E-state index is 13.2. The number of nitrogens with zero attached hydrogens (tertiary/aromatic N) is 3. The van der Waals surface area contributed by atoms with E-state index < -0.39 is 0 Å². The van der Waals surface area contributed by atoms with E-state index in [1.165, 1.54) is 16.5 Å². The van der Waals surface area contributed by atoms with E-state index >= 15 is 0 Å². The van der Waals surface area contributed by atoms with Crippen molar-refractivity contribution < 1.29 is 14.1 Å². The summed E-state index contributed by atoms with van der Waals surface area (Å²) in [5.41, 5.74) is 4.13. The van der Waals surface area contributed by atoms with Crippen molar-refractivity contribution >= 4 is 22.4 Å². The molecule has 0 aliphatic carbocycles. The first-order valence-corrected chi connectivity index (χ1v) is 10.2. The number of nitrogens with one attached hydrogen (secondary N) is 1. The van der Waals surface area contributed by atoms with Crippen LogP contribution >= 0.6 is 0 Å². The number of hydrogen-bond acceptors (Lipinski definition) is 5. The number of carbonyl (C=O) groups is 1. The minimum atomic E-state index is -0.0471. The molecule has 156 valence electrons. The quantitative estimate of drug-likeness (QED) is 0.524. The summed E-state index contributed by atoms with van der Waals surface area (Å²) in [5.74, 6) is 1.40. The summed E-state index contributed by atoms with van der Waals surface area (Å²) in [6.45, 7) is 3.09. The van der Waals surface area contributed by atoms with Crippen LogP contribution in [0.2, 0.25) is 0 Å². The van der Waals surface area contributed by atoms with Gasteiger partial charge < -0.3 is 19.1 Å². The molecule has 0 saturated carbocycles. The van der Waals surface area contributed by atoms with Crippen molar-refractivity contribution in [2.75, 3.05) is 13.1 Å². The van der Waals surface area contributed by atoms with E-state index in [0.29, 0.717) is 36.1 Å². The molecule has 5 rings (SSSR count). The zero-order valence-corrected chi connectivity index (χ0v) is 17.2. The fourth-order valence-electron chi connectivity index (χ4n) is 3.92. The van der Waals surface area contributed by atoms with E-state index in [9.17, 15) is 4.79 Å². The average molecular weight is 414 g/mol. The molecule has 7 heteroatoms. The Balaban J connectivity index is 1.31. The third-order valence-electron chi connectivity index (χ3n) is 5.48. The van der Waals surface area contributed by atoms with E-state index in [1.807, 2.05) is 29.2 Å². The van der Waals surface area contributed by atoms with Crippen LogP contribution in [0.3, 0.4) is 0 Å². The van der Waals surface area contributed by atoms with Crippen LogP contribution in [0.1, 0.15) is 34.1 Å². The van der Waals surface area contributed by atoms with Crippen LogP contribution in [-0.2, 0) is 6.61 Å². The third-order valence-corrected chi connectivity index (χ3v) is 5.48. The van der Waals surface area contributed by atoms with Crippen molar-refractivity contribution in [2.45, 2.75) is 20.0 Å². The first-order valence-electron chi connectivity index (χ1n) is 10.2. The van der Waals surface area contributed by atoms with Crippen LogP contribution in [0.25, 0.3) is 16.5 Å². The number of carbonyl (C=O) groups excluding carboxylic acids is 1. The summed E-state index contributed by atoms with van der Waals surface area (Å²) in [4.78, 5) is 22.5. The Morgan fingerprint density at radius 2 is 2.03 bits per heavy atom. The van der Waals surface area contributed by atoms with Gasteiger partial charge in [-0.15, -0.1) is 0 Å². The predicted molar refractivity (Wildman–Crippen MR) is 117 cm³/mol. The largest absolute Gasteiger partial charge is 0.485 e. The molecule has 0 unspecified atom stereocenters. The van der Waals surface area contributed by atoms with Gasteiger partial charge >= 0.3 is 0 Å². The SMILES string of the molecule is Cc1nc(COc2ccccc2C(=O)N2CC=C(c3c[nH]c4ccccc34)CC2)no1. The highest BCUT2D eigenvalue weighted by atomic mass is 16.5. The minimum absolute atomic E-state index is 0.0471. The van der Waals surface area contributed by atoms with E-state index in [-0.39, 0.29) is 12.5 Å². The molecule has 0 spiro atoms. The molecule has 1 aliphatic heterocycles. The normalized spacial score (nSPS) is 14.0. The molecule has 0 atom stereocenters. The molecule has 2 aromatic heterocycles. The molecule has 7 nitrogen and oxygen atoms in total. The van der Waals surface area contributed by atoms with Crippen LogP contribution < -0.4 is 4.74 Å². The van der Waals surface area contributed by atoms with Crippen molar-refractivity contribution in [2.24, 2.45) is 0 Å². The second kappa shape index (κ2) is 8.10. The summed E-state index contributed by atoms with van der Waals surface area (Å²) < 4.78 is 10.8. The van der Waals surface area contributed by atoms with E-state index in [4.69, 9.17) is 9.26 Å². The third kappa shape index (κ3) is 3.82. The number of hydrogen-bond donors (Lipinski definition) is 1. The molecule has 2 aromatic carbocycles. The maximum atomic E-state index is 13.2. The number of aromatic amines is 1. The second-order valence-electron chi connectivity index (χ2n) is 7.49. The van der Waals surface area contributed by atoms with E-state index in [1.54, 1.807) is 19.1 Å². The number of rotatable bonds is 5. The molecule has 1 aliphatic rings. The predicted octanol–water partition coefficient (Wildman–Crippen LogP) is 4.37. The van der Waals surface area contributed by atoms with Crippen molar-refractivity contribution in [1.29, 1.82) is 0 Å². The molecule has 0 fully saturated rings. The molecule has 3 heterocycles. The number of para-hydroxylation sites is 2. The summed E-state index contributed by atoms with van der Waals surface area (Å²) in [7, 11) is 0. The van der Waals surface area contributed by atoms with Gasteiger partial charge in [-0.05, 0) is 30.2 Å². The topological polar surface area (TPSA) is 84.2 Å². The lowest BCUT2D eigenvalue weighted by Gasteiger charge is -2.27. The molecular weight excluding hydrogens is 392 g/mol. The maximum Gasteiger partial charge on any atom is 0.257 e. The molecule has 0 bridgehead atoms. The Morgan fingerprint density at radius 3 is 2.84 bits per heavy atom. The zero-order valence-electron chi connectivity index (χ0n) is 17.2. The van der Waals surface area contributed by atoms with Gasteiger partial charge in [0.25, 0.3) is 5.91 Å². The lowest BCUT2D eigenvalue weighted by molar-refractivity contribution is 0.0768. The van der Waals surface area contributed by atoms with Gasteiger partial charge in [-0.25, -0.2) is 0 Å². The summed E-state index contributed by atoms with van der Waals surface area (Å²) in [5, 5.41) is 5.04. The Morgan fingerprint density at radius 1 is 1.19 bits per heavy atom. The standard InChI is InChI=1S/C24H22N4O3/c1-16-26-23(27-31-16)15-30-22-9-5-3-7-19(22)24(29)28-12-10-17(11-13-28)20-14-25-21-8-4-2-6-18(20)21/h2-10,14,25H,11-13,15H2,1H3. The molecule has 4 aromatic rings. The summed E-state index contributed by atoms with van der Waals surface area (Å²) in [6, 6.07) is 15.5. The molecular formula is C24H22N4O3. The highest BCUT2D eigenvalue weighted by molar-refractivity contribution is 5.98. The molecule has 31 heavy (non-hydrogen) atoms. The van der Waals surface area contributed by atoms with Crippen LogP contribution in [0.15, 0.2) is 65.3 Å². The van der Waals surface area contributed by atoms with Crippen molar-refractivity contribution in [3.05, 3.63) is 83.6 Å². The Bertz CT molecular complexity index is 1270. The van der Waals surface area contributed by atoms with Gasteiger partial charge in [0.05, 0.1) is 5.56 Å². The number of aromatic nitrogens is 3. The van der Waals surface area contributed by atoms with Crippen LogP contribution in [0, 0.1) is 6.92 Å². The lowest BCUT2D eigenvalue weighted by atomic mass is 9.98. The Hall–Kier alpha value is -3.87. The fourth-order valence-corrected chi connectivity index (χ4v) is 3.92. The van der Waals surface area contributed by atoms with Gasteiger partial charge in [0, 0.05) is 42.7 Å². The van der Waals surface area contributed by atoms with Gasteiger partial charge in [-0.3, -0.25) is 4.79 Å². The molecule has 1 N–H and O–H groups in total. The average Bonchev–Trinajstić information content (AvgIpc) is 3.43. The zero-order chi connectivity index (χ0) is 21.2. The lowest BCUT2D eigenvalue weighted by Crippen LogP contribution is -2.34. The van der Waals surface area contributed by atoms with E-state index in [2.05, 4.69) is 39.5 Å². The fraction of sp³-hybridized carbons (Fsp3) is 0.208.